The summed E-state index contributed by atoms with van der Waals surface area (Å²) in [5.41, 5.74) is 12.1. The standard InChI is InChI=1S/C62H40N6/c1-5-17-41(18-6-1)42-29-33-48(34-30-42)60-66-61(54-40-39-50(43-19-7-2-8-20-43)52-27-15-16-28-53(52)54)68-62(67-60)55-38-37-44-21-13-14-26-51(44)56(55)45-31-35-49(36-32-45)59-64-57(46-22-9-3-10-23-46)63-58(65-59)47-24-11-4-12-25-47/h1-40H. The first-order valence-electron chi connectivity index (χ1n) is 22.7. The first-order chi connectivity index (χ1) is 33.7. The first kappa shape index (κ1) is 40.3. The molecule has 318 valence electrons. The van der Waals surface area contributed by atoms with Crippen LogP contribution in [0.1, 0.15) is 0 Å². The zero-order valence-electron chi connectivity index (χ0n) is 36.8. The summed E-state index contributed by atoms with van der Waals surface area (Å²) in [6.07, 6.45) is 0. The molecule has 0 aliphatic carbocycles. The van der Waals surface area contributed by atoms with E-state index in [2.05, 4.69) is 170 Å². The van der Waals surface area contributed by atoms with Crippen molar-refractivity contribution in [3.05, 3.63) is 243 Å². The van der Waals surface area contributed by atoms with Gasteiger partial charge in [-0.15, -0.1) is 0 Å². The van der Waals surface area contributed by atoms with Crippen LogP contribution in [-0.4, -0.2) is 29.9 Å². The third-order valence-electron chi connectivity index (χ3n) is 12.4. The minimum absolute atomic E-state index is 0.579. The number of hydrogen-bond donors (Lipinski definition) is 0. The Kier molecular flexibility index (Phi) is 10.4. The third-order valence-corrected chi connectivity index (χ3v) is 12.4. The van der Waals surface area contributed by atoms with E-state index in [1.54, 1.807) is 0 Å². The van der Waals surface area contributed by atoms with Gasteiger partial charge in [-0.25, -0.2) is 29.9 Å². The molecule has 0 amide bonds. The smallest absolute Gasteiger partial charge is 0.164 e. The second-order valence-corrected chi connectivity index (χ2v) is 16.6. The highest BCUT2D eigenvalue weighted by Gasteiger charge is 2.21. The minimum Gasteiger partial charge on any atom is -0.208 e. The second kappa shape index (κ2) is 17.6. The predicted molar refractivity (Wildman–Crippen MR) is 277 cm³/mol. The third kappa shape index (κ3) is 7.76. The van der Waals surface area contributed by atoms with Crippen LogP contribution in [0.4, 0.5) is 0 Å². The number of nitrogens with zero attached hydrogens (tertiary/aromatic N) is 6. The van der Waals surface area contributed by atoms with E-state index in [-0.39, 0.29) is 0 Å². The van der Waals surface area contributed by atoms with Crippen molar-refractivity contribution in [2.45, 2.75) is 0 Å². The molecule has 0 unspecified atom stereocenters. The van der Waals surface area contributed by atoms with Crippen molar-refractivity contribution in [3.63, 3.8) is 0 Å². The number of hydrogen-bond acceptors (Lipinski definition) is 6. The van der Waals surface area contributed by atoms with Gasteiger partial charge in [-0.1, -0.05) is 231 Å². The highest BCUT2D eigenvalue weighted by atomic mass is 15.0. The van der Waals surface area contributed by atoms with Gasteiger partial charge in [-0.2, -0.15) is 0 Å². The SMILES string of the molecule is c1ccc(-c2ccc(-c3nc(-c4ccc5ccccc5c4-c4ccc(-c5nc(-c6ccccc6)nc(-c6ccccc6)n5)cc4)nc(-c4ccc(-c5ccccc5)c5ccccc45)n3)cc2)cc1. The van der Waals surface area contributed by atoms with Gasteiger partial charge in [0.15, 0.2) is 34.9 Å². The molecule has 0 bridgehead atoms. The van der Waals surface area contributed by atoms with E-state index in [0.29, 0.717) is 34.9 Å². The fourth-order valence-corrected chi connectivity index (χ4v) is 9.04. The lowest BCUT2D eigenvalue weighted by molar-refractivity contribution is 1.07. The lowest BCUT2D eigenvalue weighted by Crippen LogP contribution is -2.02. The van der Waals surface area contributed by atoms with Gasteiger partial charge in [-0.05, 0) is 61.5 Å². The largest absolute Gasteiger partial charge is 0.208 e. The molecule has 0 aliphatic rings. The molecule has 2 aromatic heterocycles. The van der Waals surface area contributed by atoms with Crippen LogP contribution in [0.2, 0.25) is 0 Å². The molecule has 0 radical (unpaired) electrons. The van der Waals surface area contributed by atoms with Crippen molar-refractivity contribution in [1.29, 1.82) is 0 Å². The quantitative estimate of drug-likeness (QED) is 0.144. The Bertz CT molecular complexity index is 3690. The Morgan fingerprint density at radius 2 is 0.500 bits per heavy atom. The Hall–Kier alpha value is -9.26. The summed E-state index contributed by atoms with van der Waals surface area (Å²) in [6, 6.07) is 83.7. The number of aromatic nitrogens is 6. The fourth-order valence-electron chi connectivity index (χ4n) is 9.04. The van der Waals surface area contributed by atoms with Crippen molar-refractivity contribution in [2.24, 2.45) is 0 Å². The highest BCUT2D eigenvalue weighted by molar-refractivity contribution is 6.06. The molecule has 0 aliphatic heterocycles. The van der Waals surface area contributed by atoms with Gasteiger partial charge in [0.1, 0.15) is 0 Å². The molecular formula is C62H40N6. The van der Waals surface area contributed by atoms with Crippen LogP contribution in [0, 0.1) is 0 Å². The maximum absolute atomic E-state index is 5.40. The molecule has 0 saturated carbocycles. The van der Waals surface area contributed by atoms with E-state index in [1.807, 2.05) is 72.8 Å². The van der Waals surface area contributed by atoms with Crippen LogP contribution in [0.3, 0.4) is 0 Å². The van der Waals surface area contributed by atoms with Crippen LogP contribution in [0.15, 0.2) is 243 Å². The number of fused-ring (bicyclic) bond motifs is 2. The zero-order valence-corrected chi connectivity index (χ0v) is 36.8. The summed E-state index contributed by atoms with van der Waals surface area (Å²) in [4.78, 5) is 31.0. The normalized spacial score (nSPS) is 11.2. The molecule has 6 nitrogen and oxygen atoms in total. The summed E-state index contributed by atoms with van der Waals surface area (Å²) < 4.78 is 0. The van der Waals surface area contributed by atoms with Crippen LogP contribution >= 0.6 is 0 Å². The molecule has 12 rings (SSSR count). The monoisotopic (exact) mass is 868 g/mol. The van der Waals surface area contributed by atoms with Gasteiger partial charge >= 0.3 is 0 Å². The molecule has 10 aromatic carbocycles. The Balaban J connectivity index is 1.03. The molecule has 0 atom stereocenters. The fraction of sp³-hybridized carbons (Fsp3) is 0. The summed E-state index contributed by atoms with van der Waals surface area (Å²) in [5.74, 6) is 3.60. The van der Waals surface area contributed by atoms with E-state index in [9.17, 15) is 0 Å². The summed E-state index contributed by atoms with van der Waals surface area (Å²) in [7, 11) is 0. The van der Waals surface area contributed by atoms with Crippen LogP contribution in [0.25, 0.3) is 123 Å². The van der Waals surface area contributed by atoms with Gasteiger partial charge in [0, 0.05) is 38.9 Å². The van der Waals surface area contributed by atoms with E-state index in [0.717, 1.165) is 88.3 Å². The van der Waals surface area contributed by atoms with E-state index in [4.69, 9.17) is 29.9 Å². The van der Waals surface area contributed by atoms with Crippen molar-refractivity contribution in [1.82, 2.24) is 29.9 Å². The lowest BCUT2D eigenvalue weighted by Gasteiger charge is -2.16. The van der Waals surface area contributed by atoms with Crippen LogP contribution in [-0.2, 0) is 0 Å². The van der Waals surface area contributed by atoms with Crippen LogP contribution in [0.5, 0.6) is 0 Å². The van der Waals surface area contributed by atoms with E-state index >= 15 is 0 Å². The van der Waals surface area contributed by atoms with Crippen molar-refractivity contribution in [2.75, 3.05) is 0 Å². The summed E-state index contributed by atoms with van der Waals surface area (Å²) in [5, 5.41) is 4.39. The summed E-state index contributed by atoms with van der Waals surface area (Å²) in [6.45, 7) is 0. The van der Waals surface area contributed by atoms with Crippen molar-refractivity contribution >= 4 is 21.5 Å². The Labute approximate surface area is 394 Å². The Morgan fingerprint density at radius 1 is 0.176 bits per heavy atom. The molecule has 0 spiro atoms. The maximum Gasteiger partial charge on any atom is 0.164 e. The number of rotatable bonds is 9. The average molecular weight is 869 g/mol. The number of benzene rings is 10. The highest BCUT2D eigenvalue weighted by Crippen LogP contribution is 2.41. The lowest BCUT2D eigenvalue weighted by atomic mass is 9.92. The maximum atomic E-state index is 5.40. The Morgan fingerprint density at radius 3 is 1.04 bits per heavy atom. The molecule has 2 heterocycles. The van der Waals surface area contributed by atoms with Gasteiger partial charge in [0.05, 0.1) is 0 Å². The molecule has 68 heavy (non-hydrogen) atoms. The second-order valence-electron chi connectivity index (χ2n) is 16.6. The average Bonchev–Trinajstić information content (AvgIpc) is 3.43. The predicted octanol–water partition coefficient (Wildman–Crippen LogP) is 15.4. The summed E-state index contributed by atoms with van der Waals surface area (Å²) >= 11 is 0. The van der Waals surface area contributed by atoms with Gasteiger partial charge in [-0.3, -0.25) is 0 Å². The molecule has 0 fully saturated rings. The van der Waals surface area contributed by atoms with Gasteiger partial charge < -0.3 is 0 Å². The van der Waals surface area contributed by atoms with Crippen molar-refractivity contribution < 1.29 is 0 Å². The van der Waals surface area contributed by atoms with Gasteiger partial charge in [0.2, 0.25) is 0 Å². The molecule has 0 N–H and O–H groups in total. The molecule has 6 heteroatoms. The zero-order chi connectivity index (χ0) is 45.2. The first-order valence-corrected chi connectivity index (χ1v) is 22.7. The van der Waals surface area contributed by atoms with Crippen molar-refractivity contribution in [3.8, 4) is 102 Å². The molecular weight excluding hydrogens is 829 g/mol. The topological polar surface area (TPSA) is 77.3 Å². The van der Waals surface area contributed by atoms with E-state index in [1.165, 1.54) is 0 Å². The van der Waals surface area contributed by atoms with Crippen LogP contribution < -0.4 is 0 Å². The molecule has 12 aromatic rings. The minimum atomic E-state index is 0.579. The molecule has 0 saturated heterocycles. The van der Waals surface area contributed by atoms with E-state index < -0.39 is 0 Å². The van der Waals surface area contributed by atoms with Gasteiger partial charge in [0.25, 0.3) is 0 Å².